The quantitative estimate of drug-likeness (QED) is 0.660. The Hall–Kier alpha value is -2.36. The molecule has 4 heteroatoms. The molecule has 0 radical (unpaired) electrons. The Bertz CT molecular complexity index is 709. The van der Waals surface area contributed by atoms with Crippen LogP contribution in [0.3, 0.4) is 0 Å². The molecular formula is C19H25N3O. The summed E-state index contributed by atoms with van der Waals surface area (Å²) in [5.74, 6) is 0.278. The van der Waals surface area contributed by atoms with Crippen molar-refractivity contribution in [3.05, 3.63) is 52.8 Å². The number of nitrogens with zero attached hydrogens (tertiary/aromatic N) is 2. The molecule has 0 fully saturated rings. The van der Waals surface area contributed by atoms with Gasteiger partial charge in [-0.15, -0.1) is 0 Å². The molecule has 0 bridgehead atoms. The number of carbonyl (C=O) groups is 1. The largest absolute Gasteiger partial charge is 0.318 e. The standard InChI is InChI=1S/C19H25N3O/c1-13(2)10-19(23)21-20-12-17-11-15(4)22(16(17)5)18-8-6-14(3)7-9-18/h6-9,11-13H,10H2,1-5H3,(H,21,23)/b20-12-. The lowest BCUT2D eigenvalue weighted by molar-refractivity contribution is -0.121. The monoisotopic (exact) mass is 311 g/mol. The second-order valence-electron chi connectivity index (χ2n) is 6.39. The van der Waals surface area contributed by atoms with E-state index < -0.39 is 0 Å². The summed E-state index contributed by atoms with van der Waals surface area (Å²) < 4.78 is 2.19. The second-order valence-corrected chi connectivity index (χ2v) is 6.39. The minimum atomic E-state index is -0.0522. The molecule has 2 rings (SSSR count). The summed E-state index contributed by atoms with van der Waals surface area (Å²) in [5, 5.41) is 4.08. The van der Waals surface area contributed by atoms with Crippen LogP contribution in [-0.2, 0) is 4.79 Å². The molecule has 0 saturated carbocycles. The first kappa shape index (κ1) is 17.0. The van der Waals surface area contributed by atoms with Gasteiger partial charge in [-0.1, -0.05) is 31.5 Å². The highest BCUT2D eigenvalue weighted by atomic mass is 16.2. The molecule has 0 spiro atoms. The summed E-state index contributed by atoms with van der Waals surface area (Å²) in [6.07, 6.45) is 2.20. The van der Waals surface area contributed by atoms with E-state index in [4.69, 9.17) is 0 Å². The Kier molecular flexibility index (Phi) is 5.37. The fraction of sp³-hybridized carbons (Fsp3) is 0.368. The van der Waals surface area contributed by atoms with E-state index >= 15 is 0 Å². The zero-order chi connectivity index (χ0) is 17.0. The van der Waals surface area contributed by atoms with Crippen LogP contribution in [0.25, 0.3) is 5.69 Å². The van der Waals surface area contributed by atoms with Gasteiger partial charge >= 0.3 is 0 Å². The minimum absolute atomic E-state index is 0.0522. The first-order valence-corrected chi connectivity index (χ1v) is 7.96. The SMILES string of the molecule is Cc1ccc(-n2c(C)cc(/C=N\NC(=O)CC(C)C)c2C)cc1. The van der Waals surface area contributed by atoms with Crippen molar-refractivity contribution in [1.82, 2.24) is 9.99 Å². The van der Waals surface area contributed by atoms with Gasteiger partial charge in [-0.3, -0.25) is 4.79 Å². The van der Waals surface area contributed by atoms with Gasteiger partial charge in [-0.05, 0) is 44.9 Å². The lowest BCUT2D eigenvalue weighted by Crippen LogP contribution is -2.19. The molecule has 0 aliphatic carbocycles. The van der Waals surface area contributed by atoms with E-state index in [9.17, 15) is 4.79 Å². The maximum Gasteiger partial charge on any atom is 0.240 e. The van der Waals surface area contributed by atoms with Crippen molar-refractivity contribution >= 4 is 12.1 Å². The topological polar surface area (TPSA) is 46.4 Å². The third-order valence-corrected chi connectivity index (χ3v) is 3.75. The third kappa shape index (κ3) is 4.31. The summed E-state index contributed by atoms with van der Waals surface area (Å²) in [4.78, 5) is 11.6. The average Bonchev–Trinajstić information content (AvgIpc) is 2.74. The van der Waals surface area contributed by atoms with Crippen LogP contribution in [0.1, 0.15) is 42.8 Å². The lowest BCUT2D eigenvalue weighted by atomic mass is 10.1. The van der Waals surface area contributed by atoms with Gasteiger partial charge in [0.1, 0.15) is 0 Å². The van der Waals surface area contributed by atoms with Gasteiger partial charge in [0, 0.05) is 29.1 Å². The second kappa shape index (κ2) is 7.27. The Balaban J connectivity index is 2.17. The number of nitrogens with one attached hydrogen (secondary N) is 1. The van der Waals surface area contributed by atoms with Crippen LogP contribution in [0.5, 0.6) is 0 Å². The zero-order valence-corrected chi connectivity index (χ0v) is 14.6. The van der Waals surface area contributed by atoms with Crippen molar-refractivity contribution in [3.8, 4) is 5.69 Å². The van der Waals surface area contributed by atoms with Gasteiger partial charge in [-0.2, -0.15) is 5.10 Å². The molecule has 23 heavy (non-hydrogen) atoms. The lowest BCUT2D eigenvalue weighted by Gasteiger charge is -2.09. The van der Waals surface area contributed by atoms with Gasteiger partial charge in [0.25, 0.3) is 0 Å². The maximum absolute atomic E-state index is 11.6. The van der Waals surface area contributed by atoms with Crippen LogP contribution >= 0.6 is 0 Å². The fourth-order valence-corrected chi connectivity index (χ4v) is 2.60. The van der Waals surface area contributed by atoms with Gasteiger partial charge in [0.05, 0.1) is 6.21 Å². The summed E-state index contributed by atoms with van der Waals surface area (Å²) in [6.45, 7) is 10.2. The number of rotatable bonds is 5. The van der Waals surface area contributed by atoms with Crippen LogP contribution in [0, 0.1) is 26.7 Å². The highest BCUT2D eigenvalue weighted by Crippen LogP contribution is 2.20. The van der Waals surface area contributed by atoms with Crippen LogP contribution < -0.4 is 5.43 Å². The van der Waals surface area contributed by atoms with E-state index in [1.807, 2.05) is 13.8 Å². The van der Waals surface area contributed by atoms with Gasteiger partial charge < -0.3 is 4.57 Å². The van der Waals surface area contributed by atoms with Gasteiger partial charge in [-0.25, -0.2) is 5.43 Å². The average molecular weight is 311 g/mol. The van der Waals surface area contributed by atoms with E-state index in [1.165, 1.54) is 5.56 Å². The highest BCUT2D eigenvalue weighted by Gasteiger charge is 2.09. The Labute approximate surface area is 138 Å². The normalized spacial score (nSPS) is 11.4. The minimum Gasteiger partial charge on any atom is -0.318 e. The zero-order valence-electron chi connectivity index (χ0n) is 14.6. The number of hydrogen-bond donors (Lipinski definition) is 1. The molecule has 0 atom stereocenters. The molecule has 0 saturated heterocycles. The Morgan fingerprint density at radius 3 is 2.48 bits per heavy atom. The van der Waals surface area contributed by atoms with Gasteiger partial charge in [0.2, 0.25) is 5.91 Å². The summed E-state index contributed by atoms with van der Waals surface area (Å²) in [6, 6.07) is 10.5. The predicted octanol–water partition coefficient (Wildman–Crippen LogP) is 3.90. The van der Waals surface area contributed by atoms with Crippen LogP contribution in [0.4, 0.5) is 0 Å². The number of aromatic nitrogens is 1. The number of aryl methyl sites for hydroxylation is 2. The molecule has 4 nitrogen and oxygen atoms in total. The fourth-order valence-electron chi connectivity index (χ4n) is 2.60. The third-order valence-electron chi connectivity index (χ3n) is 3.75. The molecule has 0 aliphatic rings. The molecule has 1 aromatic carbocycles. The predicted molar refractivity (Wildman–Crippen MR) is 95.2 cm³/mol. The number of amides is 1. The van der Waals surface area contributed by atoms with E-state index in [1.54, 1.807) is 6.21 Å². The van der Waals surface area contributed by atoms with Crippen LogP contribution in [-0.4, -0.2) is 16.7 Å². The van der Waals surface area contributed by atoms with E-state index in [2.05, 4.69) is 66.2 Å². The summed E-state index contributed by atoms with van der Waals surface area (Å²) >= 11 is 0. The van der Waals surface area contributed by atoms with Crippen molar-refractivity contribution in [2.45, 2.75) is 41.0 Å². The Morgan fingerprint density at radius 1 is 1.22 bits per heavy atom. The maximum atomic E-state index is 11.6. The summed E-state index contributed by atoms with van der Waals surface area (Å²) in [5.41, 5.74) is 8.21. The molecule has 1 aromatic heterocycles. The van der Waals surface area contributed by atoms with Crippen LogP contribution in [0.2, 0.25) is 0 Å². The molecule has 1 amide bonds. The molecular weight excluding hydrogens is 286 g/mol. The van der Waals surface area contributed by atoms with E-state index in [0.29, 0.717) is 12.3 Å². The first-order chi connectivity index (χ1) is 10.9. The van der Waals surface area contributed by atoms with Crippen LogP contribution in [0.15, 0.2) is 35.4 Å². The number of carbonyl (C=O) groups excluding carboxylic acids is 1. The molecule has 1 heterocycles. The first-order valence-electron chi connectivity index (χ1n) is 7.96. The van der Waals surface area contributed by atoms with Crippen molar-refractivity contribution in [2.24, 2.45) is 11.0 Å². The van der Waals surface area contributed by atoms with Crippen molar-refractivity contribution < 1.29 is 4.79 Å². The Morgan fingerprint density at radius 2 is 1.87 bits per heavy atom. The molecule has 2 aromatic rings. The van der Waals surface area contributed by atoms with Crippen molar-refractivity contribution in [2.75, 3.05) is 0 Å². The van der Waals surface area contributed by atoms with Gasteiger partial charge in [0.15, 0.2) is 0 Å². The van der Waals surface area contributed by atoms with E-state index in [-0.39, 0.29) is 5.91 Å². The molecule has 1 N–H and O–H groups in total. The van der Waals surface area contributed by atoms with Crippen molar-refractivity contribution in [1.29, 1.82) is 0 Å². The molecule has 122 valence electrons. The van der Waals surface area contributed by atoms with Crippen molar-refractivity contribution in [3.63, 3.8) is 0 Å². The summed E-state index contributed by atoms with van der Waals surface area (Å²) in [7, 11) is 0. The smallest absolute Gasteiger partial charge is 0.240 e. The number of benzene rings is 1. The van der Waals surface area contributed by atoms with E-state index in [0.717, 1.165) is 22.6 Å². The highest BCUT2D eigenvalue weighted by molar-refractivity contribution is 5.84. The molecule has 0 aliphatic heterocycles. The molecule has 0 unspecified atom stereocenters. The number of hydrogen-bond acceptors (Lipinski definition) is 2. The number of hydrazone groups is 1.